The van der Waals surface area contributed by atoms with E-state index in [4.69, 9.17) is 29.9 Å². The monoisotopic (exact) mass is 1690 g/mol. The average Bonchev–Trinajstić information content (AvgIpc) is 1.56. The number of rotatable bonds is 12. The quantitative estimate of drug-likeness (QED) is 0.118. The van der Waals surface area contributed by atoms with E-state index in [1.54, 1.807) is 0 Å². The van der Waals surface area contributed by atoms with E-state index in [1.165, 1.54) is 84.1 Å². The molecule has 604 valence electrons. The van der Waals surface area contributed by atoms with Crippen LogP contribution in [0.2, 0.25) is 0 Å². The minimum atomic E-state index is 0.533. The van der Waals surface area contributed by atoms with Crippen molar-refractivity contribution in [1.29, 1.82) is 10.5 Å². The minimum Gasteiger partial charge on any atom is -0.309 e. The first kappa shape index (κ1) is 75.2. The van der Waals surface area contributed by atoms with Gasteiger partial charge >= 0.3 is 0 Å². The van der Waals surface area contributed by atoms with Gasteiger partial charge in [0.05, 0.1) is 67.4 Å². The highest BCUT2D eigenvalue weighted by atomic mass is 32.1. The van der Waals surface area contributed by atoms with E-state index >= 15 is 0 Å². The van der Waals surface area contributed by atoms with Crippen LogP contribution in [0.25, 0.3) is 241 Å². The van der Waals surface area contributed by atoms with E-state index in [-0.39, 0.29) is 0 Å². The Bertz CT molecular complexity index is 8710. The van der Waals surface area contributed by atoms with Crippen molar-refractivity contribution < 1.29 is 0 Å². The number of para-hydroxylation sites is 4. The zero-order valence-electron chi connectivity index (χ0n) is 69.4. The number of aromatic nitrogens is 10. The molecule has 0 atom stereocenters. The molecule has 0 N–H and O–H groups in total. The SMILES string of the molecule is N#Cc1ccc2c(c1)c1ccccc1n2-c1cc(-c2nc(-c3ccccc3)nc(-c3ccccc3)n2)cc(-n2c3ccccc3c3cc(C#N)ccc32)c1.c1ccc(-c2nc(-c3ccccc3)nc(-c3cc(-n4c5ccccc5c5cc(-c6cccc7c6sc6ccccc67)ccc54)cc(-n4c5ccccc5c5cc(-c6cccc7c6sc6ccccc67)ccc54)c3)n2)cc1. The summed E-state index contributed by atoms with van der Waals surface area (Å²) in [5.41, 5.74) is 23.7. The van der Waals surface area contributed by atoms with Gasteiger partial charge in [0, 0.05) is 140 Å². The number of fused-ring (bicyclic) bond motifs is 18. The molecular formula is C116H68N12S2. The lowest BCUT2D eigenvalue weighted by Gasteiger charge is -2.16. The van der Waals surface area contributed by atoms with Gasteiger partial charge in [-0.2, -0.15) is 10.5 Å². The third-order valence-corrected chi connectivity index (χ3v) is 27.6. The van der Waals surface area contributed by atoms with Crippen LogP contribution in [0.4, 0.5) is 0 Å². The largest absolute Gasteiger partial charge is 0.309 e. The van der Waals surface area contributed by atoms with Crippen molar-refractivity contribution in [3.63, 3.8) is 0 Å². The van der Waals surface area contributed by atoms with Gasteiger partial charge in [-0.15, -0.1) is 22.7 Å². The van der Waals surface area contributed by atoms with Crippen LogP contribution >= 0.6 is 22.7 Å². The zero-order chi connectivity index (χ0) is 86.0. The Balaban J connectivity index is 0.000000149. The summed E-state index contributed by atoms with van der Waals surface area (Å²) >= 11 is 3.74. The molecule has 8 aromatic heterocycles. The third kappa shape index (κ3) is 12.6. The summed E-state index contributed by atoms with van der Waals surface area (Å²) in [6, 6.07) is 149. The maximum Gasteiger partial charge on any atom is 0.164 e. The maximum atomic E-state index is 9.82. The number of hydrogen-bond acceptors (Lipinski definition) is 10. The molecule has 26 aromatic rings. The van der Waals surface area contributed by atoms with Gasteiger partial charge in [-0.1, -0.05) is 279 Å². The summed E-state index contributed by atoms with van der Waals surface area (Å²) in [5, 5.41) is 33.7. The molecule has 0 radical (unpaired) electrons. The Hall–Kier alpha value is -17.4. The van der Waals surface area contributed by atoms with Gasteiger partial charge in [-0.25, -0.2) is 29.9 Å². The highest BCUT2D eigenvalue weighted by Gasteiger charge is 2.26. The third-order valence-electron chi connectivity index (χ3n) is 25.1. The molecule has 130 heavy (non-hydrogen) atoms. The second kappa shape index (κ2) is 30.8. The van der Waals surface area contributed by atoms with Crippen LogP contribution < -0.4 is 0 Å². The lowest BCUT2D eigenvalue weighted by atomic mass is 10.0. The summed E-state index contributed by atoms with van der Waals surface area (Å²) in [6.07, 6.45) is 0. The molecule has 0 unspecified atom stereocenters. The topological polar surface area (TPSA) is 145 Å². The number of nitriles is 2. The van der Waals surface area contributed by atoms with E-state index in [2.05, 4.69) is 285 Å². The molecule has 0 aliphatic carbocycles. The van der Waals surface area contributed by atoms with Crippen molar-refractivity contribution in [2.75, 3.05) is 0 Å². The molecular weight excluding hydrogens is 1630 g/mol. The van der Waals surface area contributed by atoms with Crippen molar-refractivity contribution in [1.82, 2.24) is 48.2 Å². The van der Waals surface area contributed by atoms with Crippen LogP contribution in [0, 0.1) is 22.7 Å². The summed E-state index contributed by atoms with van der Waals surface area (Å²) in [5.74, 6) is 3.52. The van der Waals surface area contributed by atoms with Gasteiger partial charge in [-0.05, 0) is 156 Å². The van der Waals surface area contributed by atoms with Gasteiger partial charge < -0.3 is 18.3 Å². The average molecular weight is 1690 g/mol. The first-order chi connectivity index (χ1) is 64.3. The fourth-order valence-electron chi connectivity index (χ4n) is 19.3. The van der Waals surface area contributed by atoms with Crippen molar-refractivity contribution in [2.24, 2.45) is 0 Å². The molecule has 0 spiro atoms. The predicted molar refractivity (Wildman–Crippen MR) is 536 cm³/mol. The Morgan fingerprint density at radius 3 is 0.754 bits per heavy atom. The van der Waals surface area contributed by atoms with Gasteiger partial charge in [0.25, 0.3) is 0 Å². The minimum absolute atomic E-state index is 0.533. The summed E-state index contributed by atoms with van der Waals surface area (Å²) in [4.78, 5) is 31.0. The van der Waals surface area contributed by atoms with Crippen molar-refractivity contribution in [2.45, 2.75) is 0 Å². The molecule has 0 bridgehead atoms. The molecule has 12 nitrogen and oxygen atoms in total. The molecule has 0 aliphatic rings. The Kier molecular flexibility index (Phi) is 17.8. The van der Waals surface area contributed by atoms with E-state index in [0.717, 1.165) is 122 Å². The van der Waals surface area contributed by atoms with Gasteiger partial charge in [0.1, 0.15) is 0 Å². The predicted octanol–water partition coefficient (Wildman–Crippen LogP) is 29.9. The molecule has 0 saturated heterocycles. The fourth-order valence-corrected chi connectivity index (χ4v) is 21.7. The fraction of sp³-hybridized carbons (Fsp3) is 0. The number of nitrogens with zero attached hydrogens (tertiary/aromatic N) is 12. The van der Waals surface area contributed by atoms with Gasteiger partial charge in [0.2, 0.25) is 0 Å². The molecule has 0 aliphatic heterocycles. The van der Waals surface area contributed by atoms with E-state index in [1.807, 2.05) is 180 Å². The Morgan fingerprint density at radius 2 is 0.438 bits per heavy atom. The summed E-state index contributed by atoms with van der Waals surface area (Å²) in [7, 11) is 0. The smallest absolute Gasteiger partial charge is 0.164 e. The summed E-state index contributed by atoms with van der Waals surface area (Å²) < 4.78 is 14.6. The number of benzene rings is 18. The zero-order valence-corrected chi connectivity index (χ0v) is 71.1. The Labute approximate surface area is 752 Å². The van der Waals surface area contributed by atoms with Crippen molar-refractivity contribution >= 4 is 150 Å². The molecule has 0 fully saturated rings. The molecule has 26 rings (SSSR count). The lowest BCUT2D eigenvalue weighted by molar-refractivity contribution is 1.07. The highest BCUT2D eigenvalue weighted by Crippen LogP contribution is 2.47. The van der Waals surface area contributed by atoms with Crippen LogP contribution in [0.3, 0.4) is 0 Å². The number of thiophene rings is 2. The van der Waals surface area contributed by atoms with Crippen LogP contribution in [-0.2, 0) is 0 Å². The van der Waals surface area contributed by atoms with Crippen LogP contribution in [0.5, 0.6) is 0 Å². The van der Waals surface area contributed by atoms with E-state index in [0.29, 0.717) is 46.1 Å². The maximum absolute atomic E-state index is 9.82. The van der Waals surface area contributed by atoms with Crippen LogP contribution in [0.15, 0.2) is 413 Å². The molecule has 8 heterocycles. The van der Waals surface area contributed by atoms with Crippen molar-refractivity contribution in [3.8, 4) is 125 Å². The van der Waals surface area contributed by atoms with Crippen molar-refractivity contribution in [3.05, 3.63) is 424 Å². The molecule has 18 aromatic carbocycles. The Morgan fingerprint density at radius 1 is 0.185 bits per heavy atom. The first-order valence-electron chi connectivity index (χ1n) is 43.1. The van der Waals surface area contributed by atoms with E-state index < -0.39 is 0 Å². The highest BCUT2D eigenvalue weighted by molar-refractivity contribution is 7.26. The number of hydrogen-bond donors (Lipinski definition) is 0. The summed E-state index contributed by atoms with van der Waals surface area (Å²) in [6.45, 7) is 0. The second-order valence-corrected chi connectivity index (χ2v) is 34.8. The standard InChI is InChI=1S/C69H41N5S2.C47H27N7/c1-3-17-42(18-4-1)67-70-68(43-19-5-2-6-20-43)72-69(71-67)46-37-47(73-59-29-11-7-21-51(59)57-39-44(33-35-61(57)73)49-25-15-27-55-53-23-9-13-31-63(53)75-65(49)55)41-48(38-46)74-60-30-12-8-22-52(60)58-40-45(34-36-62(58)74)50-26-16-28-56-54-24-10-14-32-64(54)76-66(50)56;48-28-30-19-21-43-39(23-30)37-15-7-9-17-41(37)53(43)35-25-34(47-51-45(32-11-3-1-4-12-32)50-46(52-47)33-13-5-2-6-14-33)26-36(27-35)54-42-18-10-8-16-38(42)40-24-31(29-49)20-22-44(40)54/h1-41H;1-27H. The normalized spacial score (nSPS) is 11.7. The molecule has 0 amide bonds. The van der Waals surface area contributed by atoms with Crippen LogP contribution in [-0.4, -0.2) is 48.2 Å². The van der Waals surface area contributed by atoms with E-state index in [9.17, 15) is 10.5 Å². The van der Waals surface area contributed by atoms with Crippen LogP contribution in [0.1, 0.15) is 11.1 Å². The van der Waals surface area contributed by atoms with Gasteiger partial charge in [0.15, 0.2) is 34.9 Å². The van der Waals surface area contributed by atoms with Gasteiger partial charge in [-0.3, -0.25) is 0 Å². The molecule has 0 saturated carbocycles. The second-order valence-electron chi connectivity index (χ2n) is 32.7. The lowest BCUT2D eigenvalue weighted by Crippen LogP contribution is -2.03. The first-order valence-corrected chi connectivity index (χ1v) is 44.8. The molecule has 14 heteroatoms.